The van der Waals surface area contributed by atoms with Crippen LogP contribution >= 0.6 is 15.9 Å². The second-order valence-corrected chi connectivity index (χ2v) is 9.20. The van der Waals surface area contributed by atoms with Crippen molar-refractivity contribution in [1.29, 1.82) is 0 Å². The van der Waals surface area contributed by atoms with Crippen LogP contribution in [0.2, 0.25) is 0 Å². The van der Waals surface area contributed by atoms with E-state index in [1.807, 2.05) is 54.6 Å². The van der Waals surface area contributed by atoms with E-state index in [0.717, 1.165) is 10.0 Å². The molecule has 7 nitrogen and oxygen atoms in total. The van der Waals surface area contributed by atoms with Crippen LogP contribution in [0.25, 0.3) is 11.0 Å². The maximum Gasteiger partial charge on any atom is 0.297 e. The smallest absolute Gasteiger partial charge is 0.297 e. The number of halogens is 1. The molecule has 1 unspecified atom stereocenters. The second-order valence-electron chi connectivity index (χ2n) is 8.28. The number of rotatable bonds is 5. The third-order valence-corrected chi connectivity index (χ3v) is 6.54. The molecule has 3 aromatic carbocycles. The van der Waals surface area contributed by atoms with E-state index in [1.54, 1.807) is 36.7 Å². The van der Waals surface area contributed by atoms with Gasteiger partial charge in [0.15, 0.2) is 5.43 Å². The maximum atomic E-state index is 13.7. The molecule has 0 spiro atoms. The summed E-state index contributed by atoms with van der Waals surface area (Å²) >= 11 is 3.42. The summed E-state index contributed by atoms with van der Waals surface area (Å²) in [5.74, 6) is 0.390. The van der Waals surface area contributed by atoms with Crippen LogP contribution in [0, 0.1) is 0 Å². The summed E-state index contributed by atoms with van der Waals surface area (Å²) in [6.45, 7) is 0.430. The minimum absolute atomic E-state index is 0.00307. The SMILES string of the molecule is O=C1c2oc3ccc(Br)cc3c(=O)c2C(c2ccc(OCc3ccccc3)cc2)N1c1ncccn1. The lowest BCUT2D eigenvalue weighted by Crippen LogP contribution is -2.31. The number of carbonyl (C=O) groups excluding carboxylic acids is 1. The number of aromatic nitrogens is 2. The summed E-state index contributed by atoms with van der Waals surface area (Å²) in [7, 11) is 0. The highest BCUT2D eigenvalue weighted by molar-refractivity contribution is 9.10. The molecular weight excluding hydrogens is 522 g/mol. The second kappa shape index (κ2) is 9.05. The first-order valence-corrected chi connectivity index (χ1v) is 12.0. The minimum Gasteiger partial charge on any atom is -0.489 e. The molecule has 0 aliphatic carbocycles. The highest BCUT2D eigenvalue weighted by atomic mass is 79.9. The average molecular weight is 540 g/mol. The summed E-state index contributed by atoms with van der Waals surface area (Å²) in [5.41, 5.74) is 2.10. The first-order chi connectivity index (χ1) is 17.6. The summed E-state index contributed by atoms with van der Waals surface area (Å²) in [5, 5.41) is 0.388. The zero-order valence-corrected chi connectivity index (χ0v) is 20.4. The fraction of sp³-hybridized carbons (Fsp3) is 0.0714. The van der Waals surface area contributed by atoms with Crippen molar-refractivity contribution in [3.63, 3.8) is 0 Å². The van der Waals surface area contributed by atoms with Crippen LogP contribution in [-0.2, 0) is 6.61 Å². The number of hydrogen-bond donors (Lipinski definition) is 0. The predicted molar refractivity (Wildman–Crippen MR) is 138 cm³/mol. The van der Waals surface area contributed by atoms with Crippen molar-refractivity contribution < 1.29 is 13.9 Å². The van der Waals surface area contributed by atoms with E-state index in [0.29, 0.717) is 28.9 Å². The molecule has 1 aliphatic heterocycles. The fourth-order valence-corrected chi connectivity index (χ4v) is 4.73. The van der Waals surface area contributed by atoms with Crippen molar-refractivity contribution in [1.82, 2.24) is 9.97 Å². The van der Waals surface area contributed by atoms with E-state index in [2.05, 4.69) is 25.9 Å². The Hall–Kier alpha value is -4.30. The number of fused-ring (bicyclic) bond motifs is 2. The zero-order valence-electron chi connectivity index (χ0n) is 18.8. The summed E-state index contributed by atoms with van der Waals surface area (Å²) in [6.07, 6.45) is 3.11. The Kier molecular flexibility index (Phi) is 5.58. The highest BCUT2D eigenvalue weighted by Gasteiger charge is 2.44. The molecule has 0 fully saturated rings. The summed E-state index contributed by atoms with van der Waals surface area (Å²) in [6, 6.07) is 23.3. The van der Waals surface area contributed by atoms with Gasteiger partial charge in [0, 0.05) is 16.9 Å². The molecule has 6 rings (SSSR count). The van der Waals surface area contributed by atoms with Crippen LogP contribution in [0.1, 0.15) is 33.3 Å². The molecule has 1 amide bonds. The minimum atomic E-state index is -0.752. The predicted octanol–water partition coefficient (Wildman–Crippen LogP) is 5.67. The Morgan fingerprint density at radius 1 is 0.917 bits per heavy atom. The van der Waals surface area contributed by atoms with Crippen molar-refractivity contribution in [3.8, 4) is 5.75 Å². The van der Waals surface area contributed by atoms with Crippen molar-refractivity contribution in [2.45, 2.75) is 12.6 Å². The van der Waals surface area contributed by atoms with Gasteiger partial charge >= 0.3 is 0 Å². The molecule has 0 N–H and O–H groups in total. The van der Waals surface area contributed by atoms with Crippen molar-refractivity contribution in [2.24, 2.45) is 0 Å². The van der Waals surface area contributed by atoms with Gasteiger partial charge in [0.1, 0.15) is 17.9 Å². The Morgan fingerprint density at radius 2 is 1.67 bits per heavy atom. The third-order valence-electron chi connectivity index (χ3n) is 6.04. The lowest BCUT2D eigenvalue weighted by atomic mass is 9.98. The Labute approximate surface area is 214 Å². The largest absolute Gasteiger partial charge is 0.489 e. The number of ether oxygens (including phenoxy) is 1. The van der Waals surface area contributed by atoms with E-state index < -0.39 is 11.9 Å². The average Bonchev–Trinajstić information content (AvgIpc) is 3.21. The van der Waals surface area contributed by atoms with Crippen LogP contribution in [0.3, 0.4) is 0 Å². The van der Waals surface area contributed by atoms with Gasteiger partial charge in [-0.3, -0.25) is 14.5 Å². The van der Waals surface area contributed by atoms with Crippen molar-refractivity contribution in [3.05, 3.63) is 128 Å². The summed E-state index contributed by atoms with van der Waals surface area (Å²) in [4.78, 5) is 37.2. The van der Waals surface area contributed by atoms with E-state index in [4.69, 9.17) is 9.15 Å². The van der Waals surface area contributed by atoms with Gasteiger partial charge < -0.3 is 9.15 Å². The number of nitrogens with zero attached hydrogens (tertiary/aromatic N) is 3. The van der Waals surface area contributed by atoms with Crippen LogP contribution in [0.5, 0.6) is 5.75 Å². The number of benzene rings is 3. The Bertz CT molecular complexity index is 1640. The van der Waals surface area contributed by atoms with Gasteiger partial charge in [-0.2, -0.15) is 0 Å². The van der Waals surface area contributed by atoms with Crippen LogP contribution < -0.4 is 15.1 Å². The summed E-state index contributed by atoms with van der Waals surface area (Å²) < 4.78 is 12.6. The number of anilines is 1. The van der Waals surface area contributed by atoms with Crippen LogP contribution in [0.15, 0.2) is 105 Å². The molecule has 0 saturated heterocycles. The molecule has 0 radical (unpaired) electrons. The zero-order chi connectivity index (χ0) is 24.6. The third kappa shape index (κ3) is 3.85. The topological polar surface area (TPSA) is 85.5 Å². The monoisotopic (exact) mass is 539 g/mol. The molecule has 176 valence electrons. The molecule has 0 bridgehead atoms. The van der Waals surface area contributed by atoms with Gasteiger partial charge in [0.25, 0.3) is 5.91 Å². The lowest BCUT2D eigenvalue weighted by Gasteiger charge is -2.23. The van der Waals surface area contributed by atoms with Gasteiger partial charge in [-0.15, -0.1) is 0 Å². The molecule has 1 atom stereocenters. The molecule has 8 heteroatoms. The maximum absolute atomic E-state index is 13.7. The van der Waals surface area contributed by atoms with Crippen molar-refractivity contribution in [2.75, 3.05) is 4.90 Å². The Morgan fingerprint density at radius 3 is 2.42 bits per heavy atom. The van der Waals surface area contributed by atoms with Gasteiger partial charge in [0.2, 0.25) is 11.7 Å². The lowest BCUT2D eigenvalue weighted by molar-refractivity contribution is 0.0969. The molecule has 1 aliphatic rings. The quantitative estimate of drug-likeness (QED) is 0.286. The molecule has 0 saturated carbocycles. The molecule has 36 heavy (non-hydrogen) atoms. The Balaban J connectivity index is 1.44. The van der Waals surface area contributed by atoms with E-state index in [9.17, 15) is 9.59 Å². The van der Waals surface area contributed by atoms with Gasteiger partial charge in [-0.25, -0.2) is 9.97 Å². The first kappa shape index (κ1) is 22.2. The normalized spacial score (nSPS) is 14.8. The molecule has 2 aromatic heterocycles. The molecule has 3 heterocycles. The van der Waals surface area contributed by atoms with Gasteiger partial charge in [0.05, 0.1) is 17.0 Å². The van der Waals surface area contributed by atoms with E-state index >= 15 is 0 Å². The number of carbonyl (C=O) groups is 1. The van der Waals surface area contributed by atoms with Gasteiger partial charge in [-0.1, -0.05) is 58.4 Å². The fourth-order valence-electron chi connectivity index (χ4n) is 4.37. The molecule has 5 aromatic rings. The first-order valence-electron chi connectivity index (χ1n) is 11.2. The van der Waals surface area contributed by atoms with Crippen molar-refractivity contribution >= 4 is 38.8 Å². The number of amides is 1. The van der Waals surface area contributed by atoms with Crippen LogP contribution in [-0.4, -0.2) is 15.9 Å². The number of hydrogen-bond acceptors (Lipinski definition) is 6. The van der Waals surface area contributed by atoms with Gasteiger partial charge in [-0.05, 0) is 47.5 Å². The highest BCUT2D eigenvalue weighted by Crippen LogP contribution is 2.40. The van der Waals surface area contributed by atoms with E-state index in [-0.39, 0.29) is 22.7 Å². The van der Waals surface area contributed by atoms with E-state index in [1.165, 1.54) is 4.90 Å². The van der Waals surface area contributed by atoms with Crippen LogP contribution in [0.4, 0.5) is 5.95 Å². The standard InChI is InChI=1S/C28H18BrN3O4/c29-19-9-12-22-21(15-19)25(33)23-24(32(27(34)26(23)36-22)28-30-13-4-14-31-28)18-7-10-20(11-8-18)35-16-17-5-2-1-3-6-17/h1-15,24H,16H2. The molecular formula is C28H18BrN3O4.